The van der Waals surface area contributed by atoms with E-state index in [2.05, 4.69) is 10.1 Å². The lowest BCUT2D eigenvalue weighted by Gasteiger charge is -2.05. The number of benzene rings is 1. The Morgan fingerprint density at radius 1 is 1.04 bits per heavy atom. The number of ether oxygens (including phenoxy) is 1. The zero-order chi connectivity index (χ0) is 16.8. The van der Waals surface area contributed by atoms with Gasteiger partial charge >= 0.3 is 5.97 Å². The number of hydrogen-bond donors (Lipinski definition) is 3. The Hall–Kier alpha value is -2.71. The first kappa shape index (κ1) is 16.7. The van der Waals surface area contributed by atoms with Crippen LogP contribution in [0.2, 0.25) is 0 Å². The van der Waals surface area contributed by atoms with Crippen LogP contribution in [-0.4, -0.2) is 30.1 Å². The lowest BCUT2D eigenvalue weighted by molar-refractivity contribution is 0.0600. The second kappa shape index (κ2) is 7.52. The van der Waals surface area contributed by atoms with Crippen molar-refractivity contribution in [2.24, 2.45) is 0 Å². The SMILES string of the molecule is COC(=O)c1ccc(CNC(=O)c2ccc(C(=O)NO)s2)cc1. The quantitative estimate of drug-likeness (QED) is 0.437. The van der Waals surface area contributed by atoms with E-state index < -0.39 is 11.9 Å². The molecule has 8 heteroatoms. The van der Waals surface area contributed by atoms with Crippen molar-refractivity contribution in [2.75, 3.05) is 7.11 Å². The molecule has 120 valence electrons. The highest BCUT2D eigenvalue weighted by atomic mass is 32.1. The smallest absolute Gasteiger partial charge is 0.337 e. The van der Waals surface area contributed by atoms with Gasteiger partial charge in [0.1, 0.15) is 0 Å². The molecule has 1 heterocycles. The maximum Gasteiger partial charge on any atom is 0.337 e. The lowest BCUT2D eigenvalue weighted by atomic mass is 10.1. The van der Waals surface area contributed by atoms with Gasteiger partial charge in [0.05, 0.1) is 22.4 Å². The van der Waals surface area contributed by atoms with Crippen molar-refractivity contribution in [2.45, 2.75) is 6.54 Å². The summed E-state index contributed by atoms with van der Waals surface area (Å²) in [6.45, 7) is 0.277. The number of carbonyl (C=O) groups is 3. The number of rotatable bonds is 5. The fourth-order valence-electron chi connectivity index (χ4n) is 1.78. The van der Waals surface area contributed by atoms with Gasteiger partial charge in [0, 0.05) is 6.54 Å². The predicted octanol–water partition coefficient (Wildman–Crippen LogP) is 1.58. The number of nitrogens with one attached hydrogen (secondary N) is 2. The highest BCUT2D eigenvalue weighted by molar-refractivity contribution is 7.15. The van der Waals surface area contributed by atoms with Gasteiger partial charge in [0.2, 0.25) is 0 Å². The normalized spacial score (nSPS) is 10.0. The Labute approximate surface area is 135 Å². The van der Waals surface area contributed by atoms with Gasteiger partial charge in [-0.05, 0) is 29.8 Å². The van der Waals surface area contributed by atoms with Gasteiger partial charge in [-0.1, -0.05) is 12.1 Å². The van der Waals surface area contributed by atoms with Crippen molar-refractivity contribution in [3.63, 3.8) is 0 Å². The summed E-state index contributed by atoms with van der Waals surface area (Å²) >= 11 is 0.973. The molecule has 0 atom stereocenters. The van der Waals surface area contributed by atoms with Crippen LogP contribution in [0.3, 0.4) is 0 Å². The Balaban J connectivity index is 1.95. The largest absolute Gasteiger partial charge is 0.465 e. The maximum absolute atomic E-state index is 12.0. The van der Waals surface area contributed by atoms with Gasteiger partial charge in [0.25, 0.3) is 11.8 Å². The zero-order valence-electron chi connectivity index (χ0n) is 12.2. The summed E-state index contributed by atoms with van der Waals surface area (Å²) < 4.78 is 4.61. The van der Waals surface area contributed by atoms with Crippen molar-refractivity contribution in [3.05, 3.63) is 57.3 Å². The van der Waals surface area contributed by atoms with Crippen LogP contribution in [0.5, 0.6) is 0 Å². The minimum atomic E-state index is -0.660. The molecule has 23 heavy (non-hydrogen) atoms. The van der Waals surface area contributed by atoms with Crippen LogP contribution in [0.25, 0.3) is 0 Å². The minimum Gasteiger partial charge on any atom is -0.465 e. The summed E-state index contributed by atoms with van der Waals surface area (Å²) in [4.78, 5) is 35.1. The van der Waals surface area contributed by atoms with Gasteiger partial charge in [-0.2, -0.15) is 0 Å². The molecule has 2 amide bonds. The molecule has 1 aromatic heterocycles. The number of methoxy groups -OCH3 is 1. The van der Waals surface area contributed by atoms with E-state index in [0.29, 0.717) is 10.4 Å². The first-order chi connectivity index (χ1) is 11.0. The van der Waals surface area contributed by atoms with E-state index >= 15 is 0 Å². The Morgan fingerprint density at radius 3 is 2.22 bits per heavy atom. The molecule has 7 nitrogen and oxygen atoms in total. The van der Waals surface area contributed by atoms with Crippen molar-refractivity contribution in [1.82, 2.24) is 10.8 Å². The monoisotopic (exact) mass is 334 g/mol. The lowest BCUT2D eigenvalue weighted by Crippen LogP contribution is -2.22. The molecule has 2 aromatic rings. The highest BCUT2D eigenvalue weighted by Crippen LogP contribution is 2.16. The molecule has 0 aliphatic carbocycles. The summed E-state index contributed by atoms with van der Waals surface area (Å²) in [7, 11) is 1.31. The average Bonchev–Trinajstić information content (AvgIpc) is 3.09. The van der Waals surface area contributed by atoms with E-state index in [1.807, 2.05) is 0 Å². The van der Waals surface area contributed by atoms with Crippen molar-refractivity contribution in [1.29, 1.82) is 0 Å². The summed E-state index contributed by atoms with van der Waals surface area (Å²) in [5.41, 5.74) is 2.76. The van der Waals surface area contributed by atoms with Crippen molar-refractivity contribution >= 4 is 29.1 Å². The molecule has 2 rings (SSSR count). The summed E-state index contributed by atoms with van der Waals surface area (Å²) in [5.74, 6) is -1.41. The van der Waals surface area contributed by atoms with Gasteiger partial charge in [-0.15, -0.1) is 11.3 Å². The number of thiophene rings is 1. The van der Waals surface area contributed by atoms with E-state index in [-0.39, 0.29) is 17.3 Å². The molecule has 0 unspecified atom stereocenters. The van der Waals surface area contributed by atoms with E-state index in [0.717, 1.165) is 16.9 Å². The Bertz CT molecular complexity index is 724. The van der Waals surface area contributed by atoms with Gasteiger partial charge in [0.15, 0.2) is 0 Å². The molecule has 0 radical (unpaired) electrons. The fraction of sp³-hybridized carbons (Fsp3) is 0.133. The fourth-order valence-corrected chi connectivity index (χ4v) is 2.60. The van der Waals surface area contributed by atoms with Gasteiger partial charge in [-0.3, -0.25) is 14.8 Å². The predicted molar refractivity (Wildman–Crippen MR) is 82.5 cm³/mol. The molecule has 0 aliphatic rings. The standard InChI is InChI=1S/C15H14N2O5S/c1-22-15(20)10-4-2-9(3-5-10)8-16-13(18)11-6-7-12(23-11)14(19)17-21/h2-7,21H,8H2,1H3,(H,16,18)(H,17,19). The van der Waals surface area contributed by atoms with Crippen LogP contribution in [0, 0.1) is 0 Å². The number of esters is 1. The third-order valence-corrected chi connectivity index (χ3v) is 4.07. The van der Waals surface area contributed by atoms with Crippen LogP contribution < -0.4 is 10.8 Å². The minimum absolute atomic E-state index is 0.236. The molecule has 0 saturated carbocycles. The molecular formula is C15H14N2O5S. The topological polar surface area (TPSA) is 105 Å². The Kier molecular flexibility index (Phi) is 5.45. The van der Waals surface area contributed by atoms with Crippen LogP contribution in [-0.2, 0) is 11.3 Å². The summed E-state index contributed by atoms with van der Waals surface area (Å²) in [5, 5.41) is 11.3. The van der Waals surface area contributed by atoms with Gasteiger partial charge < -0.3 is 10.1 Å². The van der Waals surface area contributed by atoms with Crippen molar-refractivity contribution in [3.8, 4) is 0 Å². The van der Waals surface area contributed by atoms with Crippen LogP contribution >= 0.6 is 11.3 Å². The van der Waals surface area contributed by atoms with E-state index in [4.69, 9.17) is 5.21 Å². The first-order valence-corrected chi connectivity index (χ1v) is 7.36. The molecular weight excluding hydrogens is 320 g/mol. The molecule has 0 aliphatic heterocycles. The number of amides is 2. The Morgan fingerprint density at radius 2 is 1.65 bits per heavy atom. The molecule has 3 N–H and O–H groups in total. The molecule has 0 fully saturated rings. The number of hydrogen-bond acceptors (Lipinski definition) is 6. The summed E-state index contributed by atoms with van der Waals surface area (Å²) in [6.07, 6.45) is 0. The molecule has 1 aromatic carbocycles. The third kappa shape index (κ3) is 4.15. The van der Waals surface area contributed by atoms with Crippen molar-refractivity contribution < 1.29 is 24.3 Å². The van der Waals surface area contributed by atoms with Crippen LogP contribution in [0.15, 0.2) is 36.4 Å². The molecule has 0 bridgehead atoms. The zero-order valence-corrected chi connectivity index (χ0v) is 13.0. The van der Waals surface area contributed by atoms with Gasteiger partial charge in [-0.25, -0.2) is 10.3 Å². The average molecular weight is 334 g/mol. The van der Waals surface area contributed by atoms with E-state index in [1.165, 1.54) is 24.7 Å². The van der Waals surface area contributed by atoms with E-state index in [1.54, 1.807) is 24.3 Å². The number of hydroxylamine groups is 1. The second-order valence-corrected chi connectivity index (χ2v) is 5.56. The second-order valence-electron chi connectivity index (χ2n) is 4.48. The summed E-state index contributed by atoms with van der Waals surface area (Å²) in [6, 6.07) is 9.61. The van der Waals surface area contributed by atoms with E-state index in [9.17, 15) is 14.4 Å². The third-order valence-electron chi connectivity index (χ3n) is 2.98. The molecule has 0 saturated heterocycles. The first-order valence-electron chi connectivity index (χ1n) is 6.55. The maximum atomic E-state index is 12.0. The molecule has 0 spiro atoms. The van der Waals surface area contributed by atoms with Crippen LogP contribution in [0.4, 0.5) is 0 Å². The van der Waals surface area contributed by atoms with Crippen LogP contribution in [0.1, 0.15) is 35.3 Å². The highest BCUT2D eigenvalue weighted by Gasteiger charge is 2.13. The number of carbonyl (C=O) groups excluding carboxylic acids is 3.